The van der Waals surface area contributed by atoms with Crippen molar-refractivity contribution in [3.63, 3.8) is 0 Å². The van der Waals surface area contributed by atoms with Gasteiger partial charge in [0.2, 0.25) is 0 Å². The van der Waals surface area contributed by atoms with Gasteiger partial charge in [-0.2, -0.15) is 0 Å². The molecule has 2 aromatic rings. The Morgan fingerprint density at radius 3 is 2.17 bits per heavy atom. The molecule has 0 aliphatic heterocycles. The second-order valence-electron chi connectivity index (χ2n) is 6.76. The van der Waals surface area contributed by atoms with Crippen LogP contribution < -0.4 is 15.8 Å². The van der Waals surface area contributed by atoms with Crippen LogP contribution in [0.1, 0.15) is 31.9 Å². The van der Waals surface area contributed by atoms with Crippen LogP contribution in [-0.2, 0) is 15.2 Å². The SMILES string of the molecule is CC[NH+](CC)[C@H](C)C(=O)NNC(=O)[C@@](O)(c1ccc(Cl)cc1)c1cccc(Cl)c1. The molecular weight excluding hydrogens is 413 g/mol. The van der Waals surface area contributed by atoms with Gasteiger partial charge in [0.05, 0.1) is 13.1 Å². The van der Waals surface area contributed by atoms with Crippen molar-refractivity contribution in [3.8, 4) is 0 Å². The minimum Gasteiger partial charge on any atom is -0.372 e. The second kappa shape index (κ2) is 10.1. The Balaban J connectivity index is 2.31. The quantitative estimate of drug-likeness (QED) is 0.496. The average Bonchev–Trinajstić information content (AvgIpc) is 2.72. The average molecular weight is 439 g/mol. The highest BCUT2D eigenvalue weighted by atomic mass is 35.5. The second-order valence-corrected chi connectivity index (χ2v) is 7.63. The standard InChI is InChI=1S/C21H25Cl2N3O3/c1-4-26(5-2)14(3)19(27)24-25-20(28)21(29,15-9-11-17(22)12-10-15)16-7-6-8-18(23)13-16/h6-14,29H,4-5H2,1-3H3,(H,24,27)(H,25,28)/p+1/t14-,21-/m1/s1. The molecule has 2 atom stereocenters. The summed E-state index contributed by atoms with van der Waals surface area (Å²) in [6.45, 7) is 7.30. The number of likely N-dealkylation sites (N-methyl/N-ethyl adjacent to an activating group) is 1. The van der Waals surface area contributed by atoms with Crippen LogP contribution >= 0.6 is 23.2 Å². The molecule has 0 aliphatic carbocycles. The maximum Gasteiger partial charge on any atom is 0.296 e. The molecule has 0 heterocycles. The summed E-state index contributed by atoms with van der Waals surface area (Å²) in [6.07, 6.45) is 0. The molecule has 0 saturated carbocycles. The van der Waals surface area contributed by atoms with Gasteiger partial charge in [0.25, 0.3) is 11.8 Å². The summed E-state index contributed by atoms with van der Waals surface area (Å²) in [5, 5.41) is 12.3. The third-order valence-corrected chi connectivity index (χ3v) is 5.53. The lowest BCUT2D eigenvalue weighted by molar-refractivity contribution is -0.910. The fourth-order valence-electron chi connectivity index (χ4n) is 3.20. The van der Waals surface area contributed by atoms with Gasteiger partial charge in [0.15, 0.2) is 11.6 Å². The van der Waals surface area contributed by atoms with E-state index in [1.807, 2.05) is 13.8 Å². The Morgan fingerprint density at radius 2 is 1.62 bits per heavy atom. The number of benzene rings is 2. The first kappa shape index (κ1) is 23.2. The minimum absolute atomic E-state index is 0.265. The van der Waals surface area contributed by atoms with Crippen LogP contribution in [0.15, 0.2) is 48.5 Å². The Labute approximate surface area is 180 Å². The number of quaternary nitrogens is 1. The summed E-state index contributed by atoms with van der Waals surface area (Å²) in [5.74, 6) is -1.15. The largest absolute Gasteiger partial charge is 0.372 e. The summed E-state index contributed by atoms with van der Waals surface area (Å²) in [4.78, 5) is 26.5. The van der Waals surface area contributed by atoms with Crippen molar-refractivity contribution in [2.45, 2.75) is 32.4 Å². The number of hydrogen-bond acceptors (Lipinski definition) is 3. The van der Waals surface area contributed by atoms with Gasteiger partial charge < -0.3 is 10.0 Å². The number of hydrogen-bond donors (Lipinski definition) is 4. The molecule has 2 aromatic carbocycles. The number of aliphatic hydroxyl groups is 1. The number of nitrogens with one attached hydrogen (secondary N) is 3. The predicted molar refractivity (Wildman–Crippen MR) is 114 cm³/mol. The Morgan fingerprint density at radius 1 is 1.00 bits per heavy atom. The minimum atomic E-state index is -2.08. The zero-order valence-corrected chi connectivity index (χ0v) is 18.1. The van der Waals surface area contributed by atoms with E-state index in [-0.39, 0.29) is 17.5 Å². The topological polar surface area (TPSA) is 82.9 Å². The number of amides is 2. The van der Waals surface area contributed by atoms with E-state index in [4.69, 9.17) is 23.2 Å². The molecule has 6 nitrogen and oxygen atoms in total. The van der Waals surface area contributed by atoms with Gasteiger partial charge in [-0.1, -0.05) is 47.5 Å². The molecule has 0 unspecified atom stereocenters. The Bertz CT molecular complexity index is 857. The smallest absolute Gasteiger partial charge is 0.296 e. The maximum atomic E-state index is 13.0. The fraction of sp³-hybridized carbons (Fsp3) is 0.333. The van der Waals surface area contributed by atoms with Gasteiger partial charge in [-0.3, -0.25) is 20.4 Å². The normalized spacial score (nSPS) is 14.2. The Hall–Kier alpha value is -2.12. The van der Waals surface area contributed by atoms with Gasteiger partial charge in [-0.25, -0.2) is 0 Å². The fourth-order valence-corrected chi connectivity index (χ4v) is 3.51. The van der Waals surface area contributed by atoms with E-state index < -0.39 is 11.5 Å². The van der Waals surface area contributed by atoms with Gasteiger partial charge in [-0.05, 0) is 56.2 Å². The molecule has 0 aliphatic rings. The molecule has 0 radical (unpaired) electrons. The van der Waals surface area contributed by atoms with Gasteiger partial charge in [0, 0.05) is 10.0 Å². The summed E-state index contributed by atoms with van der Waals surface area (Å²) >= 11 is 12.0. The highest BCUT2D eigenvalue weighted by molar-refractivity contribution is 6.31. The van der Waals surface area contributed by atoms with E-state index in [0.717, 1.165) is 18.0 Å². The number of hydrazine groups is 1. The van der Waals surface area contributed by atoms with Gasteiger partial charge >= 0.3 is 0 Å². The summed E-state index contributed by atoms with van der Waals surface area (Å²) in [7, 11) is 0. The van der Waals surface area contributed by atoms with Crippen molar-refractivity contribution in [2.75, 3.05) is 13.1 Å². The first-order valence-electron chi connectivity index (χ1n) is 9.43. The van der Waals surface area contributed by atoms with Crippen LogP contribution in [0.25, 0.3) is 0 Å². The molecule has 29 heavy (non-hydrogen) atoms. The molecule has 0 spiro atoms. The first-order chi connectivity index (χ1) is 13.7. The summed E-state index contributed by atoms with van der Waals surface area (Å²) in [6, 6.07) is 12.2. The molecule has 156 valence electrons. The number of rotatable bonds is 7. The van der Waals surface area contributed by atoms with Crippen LogP contribution in [0.2, 0.25) is 10.0 Å². The van der Waals surface area contributed by atoms with Crippen molar-refractivity contribution >= 4 is 35.0 Å². The molecule has 4 N–H and O–H groups in total. The molecule has 2 amide bonds. The first-order valence-corrected chi connectivity index (χ1v) is 10.2. The van der Waals surface area contributed by atoms with E-state index in [9.17, 15) is 14.7 Å². The monoisotopic (exact) mass is 438 g/mol. The van der Waals surface area contributed by atoms with Crippen molar-refractivity contribution < 1.29 is 19.6 Å². The summed E-state index contributed by atoms with van der Waals surface area (Å²) in [5.41, 5.74) is 3.26. The number of carbonyl (C=O) groups is 2. The molecular formula is C21H26Cl2N3O3+. The maximum absolute atomic E-state index is 13.0. The van der Waals surface area contributed by atoms with Crippen LogP contribution in [0, 0.1) is 0 Å². The van der Waals surface area contributed by atoms with Crippen LogP contribution in [0.5, 0.6) is 0 Å². The van der Waals surface area contributed by atoms with Crippen molar-refractivity contribution in [1.82, 2.24) is 10.9 Å². The lowest BCUT2D eigenvalue weighted by Crippen LogP contribution is -3.16. The molecule has 0 bridgehead atoms. The third kappa shape index (κ3) is 5.28. The van der Waals surface area contributed by atoms with Crippen molar-refractivity contribution in [1.29, 1.82) is 0 Å². The van der Waals surface area contributed by atoms with E-state index in [2.05, 4.69) is 10.9 Å². The zero-order valence-electron chi connectivity index (χ0n) is 16.6. The zero-order chi connectivity index (χ0) is 21.6. The molecule has 0 fully saturated rings. The Kier molecular flexibility index (Phi) is 8.05. The molecule has 0 aromatic heterocycles. The number of halogens is 2. The van der Waals surface area contributed by atoms with E-state index >= 15 is 0 Å². The van der Waals surface area contributed by atoms with Gasteiger partial charge in [-0.15, -0.1) is 0 Å². The van der Waals surface area contributed by atoms with E-state index in [0.29, 0.717) is 15.6 Å². The van der Waals surface area contributed by atoms with Crippen LogP contribution in [0.3, 0.4) is 0 Å². The van der Waals surface area contributed by atoms with Gasteiger partial charge in [0.1, 0.15) is 0 Å². The van der Waals surface area contributed by atoms with Crippen molar-refractivity contribution in [2.24, 2.45) is 0 Å². The third-order valence-electron chi connectivity index (χ3n) is 5.05. The highest BCUT2D eigenvalue weighted by Gasteiger charge is 2.40. The van der Waals surface area contributed by atoms with E-state index in [1.54, 1.807) is 49.4 Å². The molecule has 0 saturated heterocycles. The molecule has 2 rings (SSSR count). The predicted octanol–water partition coefficient (Wildman–Crippen LogP) is 1.69. The summed E-state index contributed by atoms with van der Waals surface area (Å²) < 4.78 is 0. The van der Waals surface area contributed by atoms with Crippen LogP contribution in [-0.4, -0.2) is 36.1 Å². The lowest BCUT2D eigenvalue weighted by Gasteiger charge is -2.29. The number of carbonyl (C=O) groups excluding carboxylic acids is 2. The van der Waals surface area contributed by atoms with E-state index in [1.165, 1.54) is 6.07 Å². The van der Waals surface area contributed by atoms with Crippen molar-refractivity contribution in [3.05, 3.63) is 69.7 Å². The highest BCUT2D eigenvalue weighted by Crippen LogP contribution is 2.32. The van der Waals surface area contributed by atoms with Crippen LogP contribution in [0.4, 0.5) is 0 Å². The lowest BCUT2D eigenvalue weighted by atomic mass is 9.85. The molecule has 8 heteroatoms.